The Kier molecular flexibility index (Phi) is 6.57. The summed E-state index contributed by atoms with van der Waals surface area (Å²) in [5.41, 5.74) is 1.39. The first kappa shape index (κ1) is 17.9. The van der Waals surface area contributed by atoms with Gasteiger partial charge in [-0.25, -0.2) is 4.39 Å². The molecule has 2 aromatic carbocycles. The zero-order valence-electron chi connectivity index (χ0n) is 12.2. The van der Waals surface area contributed by atoms with Crippen LogP contribution in [0, 0.1) is 5.82 Å². The SMILES string of the molecule is COc1ccc(NC(=O)CSCc2ccc(F)cc2Cl)cc1Cl. The summed E-state index contributed by atoms with van der Waals surface area (Å²) in [6.07, 6.45) is 0. The van der Waals surface area contributed by atoms with E-state index in [0.717, 1.165) is 5.56 Å². The van der Waals surface area contributed by atoms with E-state index in [-0.39, 0.29) is 17.5 Å². The highest BCUT2D eigenvalue weighted by molar-refractivity contribution is 7.99. The normalized spacial score (nSPS) is 10.4. The van der Waals surface area contributed by atoms with E-state index in [2.05, 4.69) is 5.32 Å². The van der Waals surface area contributed by atoms with Gasteiger partial charge in [0.1, 0.15) is 11.6 Å². The topological polar surface area (TPSA) is 38.3 Å². The quantitative estimate of drug-likeness (QED) is 0.772. The molecule has 122 valence electrons. The molecular weight excluding hydrogens is 360 g/mol. The van der Waals surface area contributed by atoms with Gasteiger partial charge < -0.3 is 10.1 Å². The number of amides is 1. The Labute approximate surface area is 148 Å². The number of carbonyl (C=O) groups excluding carboxylic acids is 1. The second kappa shape index (κ2) is 8.43. The molecule has 2 rings (SSSR count). The average molecular weight is 374 g/mol. The van der Waals surface area contributed by atoms with E-state index in [9.17, 15) is 9.18 Å². The Morgan fingerprint density at radius 2 is 2.00 bits per heavy atom. The number of rotatable bonds is 6. The van der Waals surface area contributed by atoms with Crippen LogP contribution in [0.5, 0.6) is 5.75 Å². The fourth-order valence-electron chi connectivity index (χ4n) is 1.83. The number of ether oxygens (including phenoxy) is 1. The number of methoxy groups -OCH3 is 1. The molecule has 0 atom stereocenters. The van der Waals surface area contributed by atoms with Crippen LogP contribution in [0.2, 0.25) is 10.0 Å². The molecule has 0 fully saturated rings. The molecule has 1 amide bonds. The van der Waals surface area contributed by atoms with E-state index in [4.69, 9.17) is 27.9 Å². The highest BCUT2D eigenvalue weighted by Crippen LogP contribution is 2.27. The van der Waals surface area contributed by atoms with Gasteiger partial charge in [-0.15, -0.1) is 11.8 Å². The first-order valence-electron chi connectivity index (χ1n) is 6.64. The Hall–Kier alpha value is -1.43. The number of benzene rings is 2. The van der Waals surface area contributed by atoms with Gasteiger partial charge in [0, 0.05) is 16.5 Å². The van der Waals surface area contributed by atoms with E-state index in [1.54, 1.807) is 24.3 Å². The van der Waals surface area contributed by atoms with Crippen LogP contribution in [0.25, 0.3) is 0 Å². The lowest BCUT2D eigenvalue weighted by Crippen LogP contribution is -2.14. The minimum absolute atomic E-state index is 0.158. The molecule has 0 bridgehead atoms. The molecule has 0 radical (unpaired) electrons. The van der Waals surface area contributed by atoms with Crippen LogP contribution in [-0.4, -0.2) is 18.8 Å². The van der Waals surface area contributed by atoms with Crippen LogP contribution in [0.1, 0.15) is 5.56 Å². The molecule has 7 heteroatoms. The fourth-order valence-corrected chi connectivity index (χ4v) is 3.24. The summed E-state index contributed by atoms with van der Waals surface area (Å²) in [5, 5.41) is 3.54. The molecule has 3 nitrogen and oxygen atoms in total. The summed E-state index contributed by atoms with van der Waals surface area (Å²) >= 11 is 13.3. The van der Waals surface area contributed by atoms with Crippen LogP contribution in [0.15, 0.2) is 36.4 Å². The van der Waals surface area contributed by atoms with E-state index >= 15 is 0 Å². The summed E-state index contributed by atoms with van der Waals surface area (Å²) in [6, 6.07) is 9.25. The molecule has 0 heterocycles. The molecule has 0 aliphatic rings. The van der Waals surface area contributed by atoms with E-state index in [1.165, 1.54) is 31.0 Å². The molecular formula is C16H14Cl2FNO2S. The van der Waals surface area contributed by atoms with Crippen molar-refractivity contribution in [3.8, 4) is 5.75 Å². The standard InChI is InChI=1S/C16H14Cl2FNO2S/c1-22-15-5-4-12(7-14(15)18)20-16(21)9-23-8-10-2-3-11(19)6-13(10)17/h2-7H,8-9H2,1H3,(H,20,21). The summed E-state index contributed by atoms with van der Waals surface area (Å²) in [7, 11) is 1.52. The molecule has 0 aromatic heterocycles. The zero-order valence-corrected chi connectivity index (χ0v) is 14.6. The number of halogens is 3. The summed E-state index contributed by atoms with van der Waals surface area (Å²) < 4.78 is 18.0. The predicted octanol–water partition coefficient (Wildman–Crippen LogP) is 5.01. The summed E-state index contributed by atoms with van der Waals surface area (Å²) in [5.74, 6) is 0.783. The van der Waals surface area contributed by atoms with Gasteiger partial charge in [0.2, 0.25) is 5.91 Å². The molecule has 2 aromatic rings. The van der Waals surface area contributed by atoms with E-state index < -0.39 is 0 Å². The Morgan fingerprint density at radius 1 is 1.22 bits per heavy atom. The van der Waals surface area contributed by atoms with Crippen molar-refractivity contribution in [3.05, 3.63) is 57.8 Å². The Morgan fingerprint density at radius 3 is 2.65 bits per heavy atom. The third kappa shape index (κ3) is 5.30. The molecule has 0 saturated carbocycles. The van der Waals surface area contributed by atoms with Crippen LogP contribution in [0.4, 0.5) is 10.1 Å². The number of nitrogens with one attached hydrogen (secondary N) is 1. The van der Waals surface area contributed by atoms with Gasteiger partial charge in [0.15, 0.2) is 0 Å². The van der Waals surface area contributed by atoms with Crippen LogP contribution in [0.3, 0.4) is 0 Å². The minimum Gasteiger partial charge on any atom is -0.495 e. The van der Waals surface area contributed by atoms with Crippen molar-refractivity contribution in [3.63, 3.8) is 0 Å². The Balaban J connectivity index is 1.84. The number of hydrogen-bond acceptors (Lipinski definition) is 3. The first-order valence-corrected chi connectivity index (χ1v) is 8.55. The van der Waals surface area contributed by atoms with Gasteiger partial charge >= 0.3 is 0 Å². The maximum atomic E-state index is 13.0. The molecule has 0 aliphatic heterocycles. The van der Waals surface area contributed by atoms with Crippen molar-refractivity contribution in [1.82, 2.24) is 0 Å². The maximum Gasteiger partial charge on any atom is 0.234 e. The summed E-state index contributed by atoms with van der Waals surface area (Å²) in [6.45, 7) is 0. The predicted molar refractivity (Wildman–Crippen MR) is 94.2 cm³/mol. The second-order valence-electron chi connectivity index (χ2n) is 4.63. The van der Waals surface area contributed by atoms with Crippen molar-refractivity contribution in [2.24, 2.45) is 0 Å². The monoisotopic (exact) mass is 373 g/mol. The van der Waals surface area contributed by atoms with Crippen LogP contribution < -0.4 is 10.1 Å². The number of anilines is 1. The molecule has 0 aliphatic carbocycles. The first-order chi connectivity index (χ1) is 11.0. The van der Waals surface area contributed by atoms with Crippen molar-refractivity contribution in [1.29, 1.82) is 0 Å². The minimum atomic E-state index is -0.377. The zero-order chi connectivity index (χ0) is 16.8. The van der Waals surface area contributed by atoms with Gasteiger partial charge in [-0.3, -0.25) is 4.79 Å². The van der Waals surface area contributed by atoms with E-state index in [0.29, 0.717) is 27.2 Å². The highest BCUT2D eigenvalue weighted by atomic mass is 35.5. The number of carbonyl (C=O) groups is 1. The number of thioether (sulfide) groups is 1. The lowest BCUT2D eigenvalue weighted by molar-refractivity contribution is -0.113. The fraction of sp³-hybridized carbons (Fsp3) is 0.188. The van der Waals surface area contributed by atoms with Gasteiger partial charge in [0.25, 0.3) is 0 Å². The maximum absolute atomic E-state index is 13.0. The smallest absolute Gasteiger partial charge is 0.234 e. The molecule has 23 heavy (non-hydrogen) atoms. The van der Waals surface area contributed by atoms with Crippen molar-refractivity contribution in [2.75, 3.05) is 18.2 Å². The third-order valence-corrected chi connectivity index (χ3v) is 4.57. The van der Waals surface area contributed by atoms with Crippen molar-refractivity contribution < 1.29 is 13.9 Å². The number of hydrogen-bond donors (Lipinski definition) is 1. The molecule has 0 spiro atoms. The molecule has 1 N–H and O–H groups in total. The summed E-state index contributed by atoms with van der Waals surface area (Å²) in [4.78, 5) is 11.9. The van der Waals surface area contributed by atoms with Gasteiger partial charge in [0.05, 0.1) is 17.9 Å². The van der Waals surface area contributed by atoms with Crippen LogP contribution >= 0.6 is 35.0 Å². The van der Waals surface area contributed by atoms with Gasteiger partial charge in [-0.05, 0) is 35.9 Å². The second-order valence-corrected chi connectivity index (χ2v) is 6.43. The third-order valence-electron chi connectivity index (χ3n) is 2.94. The van der Waals surface area contributed by atoms with Crippen molar-refractivity contribution >= 4 is 46.6 Å². The lowest BCUT2D eigenvalue weighted by atomic mass is 10.2. The van der Waals surface area contributed by atoms with Crippen LogP contribution in [-0.2, 0) is 10.5 Å². The van der Waals surface area contributed by atoms with Gasteiger partial charge in [-0.2, -0.15) is 0 Å². The molecule has 0 unspecified atom stereocenters. The average Bonchev–Trinajstić information content (AvgIpc) is 2.49. The Bertz CT molecular complexity index is 712. The van der Waals surface area contributed by atoms with Crippen molar-refractivity contribution in [2.45, 2.75) is 5.75 Å². The van der Waals surface area contributed by atoms with Gasteiger partial charge in [-0.1, -0.05) is 29.3 Å². The highest BCUT2D eigenvalue weighted by Gasteiger charge is 2.07. The largest absolute Gasteiger partial charge is 0.495 e. The molecule has 0 saturated heterocycles. The van der Waals surface area contributed by atoms with E-state index in [1.807, 2.05) is 0 Å². The lowest BCUT2D eigenvalue weighted by Gasteiger charge is -2.08.